The molecule has 2 aromatic carbocycles. The Labute approximate surface area is 174 Å². The molecule has 156 valence electrons. The predicted molar refractivity (Wildman–Crippen MR) is 121 cm³/mol. The Morgan fingerprint density at radius 3 is 2.41 bits per heavy atom. The number of rotatable bonds is 7. The van der Waals surface area contributed by atoms with Crippen molar-refractivity contribution in [2.24, 2.45) is 4.99 Å². The van der Waals surface area contributed by atoms with Gasteiger partial charge in [-0.3, -0.25) is 4.99 Å². The van der Waals surface area contributed by atoms with Crippen LogP contribution < -0.4 is 10.2 Å². The van der Waals surface area contributed by atoms with Gasteiger partial charge >= 0.3 is 0 Å². The Kier molecular flexibility index (Phi) is 7.76. The molecule has 2 aromatic rings. The largest absolute Gasteiger partial charge is 0.506 e. The molecule has 6 nitrogen and oxygen atoms in total. The van der Waals surface area contributed by atoms with E-state index in [4.69, 9.17) is 0 Å². The van der Waals surface area contributed by atoms with Crippen LogP contribution in [0.4, 0.5) is 5.69 Å². The number of benzene rings is 2. The van der Waals surface area contributed by atoms with Crippen molar-refractivity contribution in [1.29, 1.82) is 0 Å². The van der Waals surface area contributed by atoms with E-state index in [1.54, 1.807) is 6.07 Å². The van der Waals surface area contributed by atoms with E-state index < -0.39 is 0 Å². The molecule has 0 radical (unpaired) electrons. The number of hydrogen-bond acceptors (Lipinski definition) is 4. The molecule has 29 heavy (non-hydrogen) atoms. The third-order valence-electron chi connectivity index (χ3n) is 5.31. The highest BCUT2D eigenvalue weighted by atomic mass is 16.3. The maximum absolute atomic E-state index is 10.1. The number of para-hydroxylation sites is 2. The fourth-order valence-electron chi connectivity index (χ4n) is 3.75. The SMILES string of the molecule is CN=C(NCCCN(C)Cc1ccccc1)N1CCN(c2ccccc2O)CC1. The molecule has 3 rings (SSSR count). The lowest BCUT2D eigenvalue weighted by Crippen LogP contribution is -2.52. The summed E-state index contributed by atoms with van der Waals surface area (Å²) in [6.07, 6.45) is 1.07. The second-order valence-corrected chi connectivity index (χ2v) is 7.51. The summed E-state index contributed by atoms with van der Waals surface area (Å²) >= 11 is 0. The number of nitrogens with zero attached hydrogens (tertiary/aromatic N) is 4. The van der Waals surface area contributed by atoms with Crippen molar-refractivity contribution in [2.45, 2.75) is 13.0 Å². The fraction of sp³-hybridized carbons (Fsp3) is 0.435. The summed E-state index contributed by atoms with van der Waals surface area (Å²) in [6, 6.07) is 18.1. The van der Waals surface area contributed by atoms with E-state index in [1.807, 2.05) is 25.2 Å². The van der Waals surface area contributed by atoms with Gasteiger partial charge in [-0.25, -0.2) is 0 Å². The zero-order chi connectivity index (χ0) is 20.5. The number of piperazine rings is 1. The zero-order valence-electron chi connectivity index (χ0n) is 17.6. The topological polar surface area (TPSA) is 54.3 Å². The minimum atomic E-state index is 0.350. The van der Waals surface area contributed by atoms with E-state index >= 15 is 0 Å². The van der Waals surface area contributed by atoms with E-state index in [0.29, 0.717) is 5.75 Å². The van der Waals surface area contributed by atoms with Crippen molar-refractivity contribution in [2.75, 3.05) is 58.3 Å². The molecule has 0 aliphatic carbocycles. The van der Waals surface area contributed by atoms with Crippen LogP contribution in [0.25, 0.3) is 0 Å². The minimum Gasteiger partial charge on any atom is -0.506 e. The second kappa shape index (κ2) is 10.7. The van der Waals surface area contributed by atoms with Crippen molar-refractivity contribution < 1.29 is 5.11 Å². The lowest BCUT2D eigenvalue weighted by atomic mass is 10.2. The molecule has 6 heteroatoms. The van der Waals surface area contributed by atoms with Gasteiger partial charge < -0.3 is 25.1 Å². The van der Waals surface area contributed by atoms with Gasteiger partial charge in [-0.2, -0.15) is 0 Å². The lowest BCUT2D eigenvalue weighted by molar-refractivity contribution is 0.319. The zero-order valence-corrected chi connectivity index (χ0v) is 17.6. The number of guanidine groups is 1. The molecule has 1 aliphatic rings. The molecule has 0 bridgehead atoms. The molecule has 0 amide bonds. The van der Waals surface area contributed by atoms with Gasteiger partial charge in [0.1, 0.15) is 5.75 Å². The fourth-order valence-corrected chi connectivity index (χ4v) is 3.75. The van der Waals surface area contributed by atoms with Gasteiger partial charge in [0.25, 0.3) is 0 Å². The summed E-state index contributed by atoms with van der Waals surface area (Å²) < 4.78 is 0. The number of hydrogen-bond donors (Lipinski definition) is 2. The maximum atomic E-state index is 10.1. The predicted octanol–water partition coefficient (Wildman–Crippen LogP) is 2.61. The van der Waals surface area contributed by atoms with Crippen LogP contribution in [0.5, 0.6) is 5.75 Å². The third-order valence-corrected chi connectivity index (χ3v) is 5.31. The van der Waals surface area contributed by atoms with Crippen LogP contribution in [0.3, 0.4) is 0 Å². The van der Waals surface area contributed by atoms with Gasteiger partial charge in [0.15, 0.2) is 5.96 Å². The van der Waals surface area contributed by atoms with Gasteiger partial charge in [-0.1, -0.05) is 42.5 Å². The summed E-state index contributed by atoms with van der Waals surface area (Å²) in [6.45, 7) is 6.45. The first-order chi connectivity index (χ1) is 14.2. The molecule has 1 aliphatic heterocycles. The first kappa shape index (κ1) is 21.0. The summed E-state index contributed by atoms with van der Waals surface area (Å²) in [5, 5.41) is 13.6. The number of nitrogens with one attached hydrogen (secondary N) is 1. The van der Waals surface area contributed by atoms with E-state index in [2.05, 4.69) is 62.4 Å². The summed E-state index contributed by atoms with van der Waals surface area (Å²) in [7, 11) is 4.01. The van der Waals surface area contributed by atoms with Gasteiger partial charge in [-0.15, -0.1) is 0 Å². The van der Waals surface area contributed by atoms with Crippen molar-refractivity contribution in [3.63, 3.8) is 0 Å². The summed E-state index contributed by atoms with van der Waals surface area (Å²) in [5.41, 5.74) is 2.26. The molecule has 2 N–H and O–H groups in total. The van der Waals surface area contributed by atoms with Gasteiger partial charge in [0, 0.05) is 46.3 Å². The third kappa shape index (κ3) is 6.12. The molecule has 1 fully saturated rings. The van der Waals surface area contributed by atoms with Crippen LogP contribution in [0, 0.1) is 0 Å². The molecule has 0 aromatic heterocycles. The minimum absolute atomic E-state index is 0.350. The van der Waals surface area contributed by atoms with Crippen LogP contribution in [0.1, 0.15) is 12.0 Å². The van der Waals surface area contributed by atoms with E-state index in [0.717, 1.165) is 63.9 Å². The quantitative estimate of drug-likeness (QED) is 0.429. The number of anilines is 1. The number of phenols is 1. The molecule has 0 atom stereocenters. The Morgan fingerprint density at radius 1 is 1.03 bits per heavy atom. The van der Waals surface area contributed by atoms with Crippen LogP contribution >= 0.6 is 0 Å². The van der Waals surface area contributed by atoms with Crippen molar-refractivity contribution in [3.8, 4) is 5.75 Å². The maximum Gasteiger partial charge on any atom is 0.193 e. The highest BCUT2D eigenvalue weighted by Gasteiger charge is 2.21. The molecule has 0 spiro atoms. The average Bonchev–Trinajstić information content (AvgIpc) is 2.75. The highest BCUT2D eigenvalue weighted by molar-refractivity contribution is 5.80. The molecule has 0 unspecified atom stereocenters. The van der Waals surface area contributed by atoms with E-state index in [-0.39, 0.29) is 0 Å². The van der Waals surface area contributed by atoms with Crippen LogP contribution in [-0.2, 0) is 6.54 Å². The Balaban J connectivity index is 1.38. The molecule has 0 saturated carbocycles. The summed E-state index contributed by atoms with van der Waals surface area (Å²) in [5.74, 6) is 1.32. The lowest BCUT2D eigenvalue weighted by Gasteiger charge is -2.37. The smallest absolute Gasteiger partial charge is 0.193 e. The Bertz CT molecular complexity index is 772. The molecular weight excluding hydrogens is 362 g/mol. The average molecular weight is 396 g/mol. The molecule has 1 saturated heterocycles. The Morgan fingerprint density at radius 2 is 1.72 bits per heavy atom. The number of aromatic hydroxyl groups is 1. The first-order valence-electron chi connectivity index (χ1n) is 10.4. The molecule has 1 heterocycles. The van der Waals surface area contributed by atoms with Gasteiger partial charge in [0.05, 0.1) is 5.69 Å². The van der Waals surface area contributed by atoms with Gasteiger partial charge in [-0.05, 0) is 37.7 Å². The standard InChI is InChI=1S/C23H33N5O/c1-24-23(25-13-8-14-26(2)19-20-9-4-3-5-10-20)28-17-15-27(16-18-28)21-11-6-7-12-22(21)29/h3-7,9-12,29H,8,13-19H2,1-2H3,(H,24,25). The van der Waals surface area contributed by atoms with E-state index in [9.17, 15) is 5.11 Å². The molecular formula is C23H33N5O. The normalized spacial score (nSPS) is 15.1. The van der Waals surface area contributed by atoms with Crippen molar-refractivity contribution in [1.82, 2.24) is 15.1 Å². The number of phenolic OH excluding ortho intramolecular Hbond substituents is 1. The first-order valence-corrected chi connectivity index (χ1v) is 10.4. The summed E-state index contributed by atoms with van der Waals surface area (Å²) in [4.78, 5) is 11.3. The van der Waals surface area contributed by atoms with Crippen LogP contribution in [0.15, 0.2) is 59.6 Å². The Hall–Kier alpha value is -2.73. The van der Waals surface area contributed by atoms with Crippen LogP contribution in [-0.4, -0.2) is 74.2 Å². The monoisotopic (exact) mass is 395 g/mol. The van der Waals surface area contributed by atoms with Crippen LogP contribution in [0.2, 0.25) is 0 Å². The van der Waals surface area contributed by atoms with E-state index in [1.165, 1.54) is 5.56 Å². The van der Waals surface area contributed by atoms with Crippen molar-refractivity contribution in [3.05, 3.63) is 60.2 Å². The van der Waals surface area contributed by atoms with Crippen molar-refractivity contribution >= 4 is 11.6 Å². The van der Waals surface area contributed by atoms with Gasteiger partial charge in [0.2, 0.25) is 0 Å². The number of aliphatic imine (C=N–C) groups is 1. The highest BCUT2D eigenvalue weighted by Crippen LogP contribution is 2.27. The second-order valence-electron chi connectivity index (χ2n) is 7.51.